The fourth-order valence-electron chi connectivity index (χ4n) is 3.93. The van der Waals surface area contributed by atoms with Crippen molar-refractivity contribution in [2.24, 2.45) is 0 Å². The number of aromatic nitrogens is 2. The number of thiophene rings is 1. The van der Waals surface area contributed by atoms with Gasteiger partial charge in [-0.15, -0.1) is 11.3 Å². The number of amides is 1. The van der Waals surface area contributed by atoms with E-state index in [0.29, 0.717) is 36.1 Å². The lowest BCUT2D eigenvalue weighted by atomic mass is 9.82. The molecular weight excluding hydrogens is 374 g/mol. The Morgan fingerprint density at radius 3 is 2.68 bits per heavy atom. The fourth-order valence-corrected chi connectivity index (χ4v) is 4.77. The molecule has 0 bridgehead atoms. The topological polar surface area (TPSA) is 75.4 Å². The van der Waals surface area contributed by atoms with Crippen LogP contribution in [0.5, 0.6) is 0 Å². The lowest BCUT2D eigenvalue weighted by Gasteiger charge is -2.39. The van der Waals surface area contributed by atoms with Crippen molar-refractivity contribution in [3.63, 3.8) is 0 Å². The quantitative estimate of drug-likeness (QED) is 0.737. The number of hydrogen-bond acceptors (Lipinski definition) is 5. The molecule has 0 saturated carbocycles. The van der Waals surface area contributed by atoms with Crippen molar-refractivity contribution in [1.29, 1.82) is 0 Å². The van der Waals surface area contributed by atoms with Crippen LogP contribution in [0.25, 0.3) is 10.2 Å². The molecule has 1 amide bonds. The highest BCUT2D eigenvalue weighted by molar-refractivity contribution is 7.18. The SMILES string of the molecule is Cc1cc2c(=O)n(CC(=O)N3CCC(O)(c4ccccc4C)CC3)cnc2s1. The van der Waals surface area contributed by atoms with Gasteiger partial charge in [0.2, 0.25) is 5.91 Å². The first-order valence-corrected chi connectivity index (χ1v) is 10.2. The molecule has 1 saturated heterocycles. The lowest BCUT2D eigenvalue weighted by Crippen LogP contribution is -2.47. The van der Waals surface area contributed by atoms with Crippen LogP contribution in [0.2, 0.25) is 0 Å². The Morgan fingerprint density at radius 2 is 1.96 bits per heavy atom. The number of aryl methyl sites for hydroxylation is 2. The normalized spacial score (nSPS) is 16.5. The maximum atomic E-state index is 12.7. The zero-order valence-electron chi connectivity index (χ0n) is 16.0. The van der Waals surface area contributed by atoms with Crippen LogP contribution in [0.15, 0.2) is 41.5 Å². The van der Waals surface area contributed by atoms with E-state index in [-0.39, 0.29) is 18.0 Å². The second-order valence-electron chi connectivity index (χ2n) is 7.48. The molecule has 0 spiro atoms. The first-order chi connectivity index (χ1) is 13.4. The Bertz CT molecular complexity index is 1090. The van der Waals surface area contributed by atoms with E-state index in [1.165, 1.54) is 22.2 Å². The Hall–Kier alpha value is -2.51. The van der Waals surface area contributed by atoms with Crippen molar-refractivity contribution in [2.75, 3.05) is 13.1 Å². The lowest BCUT2D eigenvalue weighted by molar-refractivity contribution is -0.136. The van der Waals surface area contributed by atoms with Crippen molar-refractivity contribution in [2.45, 2.75) is 38.8 Å². The Balaban J connectivity index is 1.47. The van der Waals surface area contributed by atoms with Crippen molar-refractivity contribution in [3.8, 4) is 0 Å². The second kappa shape index (κ2) is 7.14. The molecule has 0 unspecified atom stereocenters. The standard InChI is InChI=1S/C21H23N3O3S/c1-14-5-3-4-6-17(14)21(27)7-9-23(10-8-21)18(25)12-24-13-22-19-16(20(24)26)11-15(2)28-19/h3-6,11,13,27H,7-10,12H2,1-2H3. The van der Waals surface area contributed by atoms with E-state index in [1.807, 2.05) is 44.2 Å². The number of nitrogens with zero attached hydrogens (tertiary/aromatic N) is 3. The summed E-state index contributed by atoms with van der Waals surface area (Å²) in [6.45, 7) is 4.83. The first-order valence-electron chi connectivity index (χ1n) is 9.39. The second-order valence-corrected chi connectivity index (χ2v) is 8.72. The Morgan fingerprint density at radius 1 is 1.25 bits per heavy atom. The average molecular weight is 398 g/mol. The Labute approximate surface area is 167 Å². The van der Waals surface area contributed by atoms with Gasteiger partial charge in [-0.25, -0.2) is 4.98 Å². The van der Waals surface area contributed by atoms with E-state index >= 15 is 0 Å². The third-order valence-electron chi connectivity index (χ3n) is 5.54. The zero-order valence-corrected chi connectivity index (χ0v) is 16.8. The van der Waals surface area contributed by atoms with E-state index in [1.54, 1.807) is 4.90 Å². The zero-order chi connectivity index (χ0) is 19.9. The fraction of sp³-hybridized carbons (Fsp3) is 0.381. The molecule has 4 rings (SSSR count). The summed E-state index contributed by atoms with van der Waals surface area (Å²) < 4.78 is 1.37. The van der Waals surface area contributed by atoms with Gasteiger partial charge in [0.1, 0.15) is 11.4 Å². The molecule has 1 fully saturated rings. The van der Waals surface area contributed by atoms with Gasteiger partial charge in [0.15, 0.2) is 0 Å². The number of fused-ring (bicyclic) bond motifs is 1. The summed E-state index contributed by atoms with van der Waals surface area (Å²) in [5.74, 6) is -0.123. The highest BCUT2D eigenvalue weighted by Crippen LogP contribution is 2.34. The molecule has 3 aromatic rings. The molecule has 146 valence electrons. The molecule has 1 N–H and O–H groups in total. The molecule has 0 atom stereocenters. The van der Waals surface area contributed by atoms with E-state index in [2.05, 4.69) is 4.98 Å². The summed E-state index contributed by atoms with van der Waals surface area (Å²) in [4.78, 5) is 33.1. The first kappa shape index (κ1) is 18.8. The van der Waals surface area contributed by atoms with Gasteiger partial charge in [0.25, 0.3) is 5.56 Å². The monoisotopic (exact) mass is 397 g/mol. The van der Waals surface area contributed by atoms with Gasteiger partial charge < -0.3 is 10.0 Å². The van der Waals surface area contributed by atoms with Crippen LogP contribution in [0, 0.1) is 13.8 Å². The van der Waals surface area contributed by atoms with Crippen LogP contribution < -0.4 is 5.56 Å². The van der Waals surface area contributed by atoms with Crippen molar-refractivity contribution < 1.29 is 9.90 Å². The molecular formula is C21H23N3O3S. The minimum Gasteiger partial charge on any atom is -0.385 e. The number of likely N-dealkylation sites (tertiary alicyclic amines) is 1. The number of hydrogen-bond donors (Lipinski definition) is 1. The van der Waals surface area contributed by atoms with Crippen LogP contribution in [-0.4, -0.2) is 38.6 Å². The van der Waals surface area contributed by atoms with Crippen LogP contribution in [0.1, 0.15) is 28.8 Å². The van der Waals surface area contributed by atoms with E-state index in [0.717, 1.165) is 16.0 Å². The third-order valence-corrected chi connectivity index (χ3v) is 6.50. The largest absolute Gasteiger partial charge is 0.385 e. The van der Waals surface area contributed by atoms with E-state index < -0.39 is 5.60 Å². The third kappa shape index (κ3) is 3.36. The van der Waals surface area contributed by atoms with Gasteiger partial charge in [-0.1, -0.05) is 24.3 Å². The minimum absolute atomic E-state index is 0.0283. The Kier molecular flexibility index (Phi) is 4.81. The summed E-state index contributed by atoms with van der Waals surface area (Å²) in [7, 11) is 0. The summed E-state index contributed by atoms with van der Waals surface area (Å²) >= 11 is 1.47. The predicted octanol–water partition coefficient (Wildman–Crippen LogP) is 2.59. The van der Waals surface area contributed by atoms with Crippen LogP contribution in [0.3, 0.4) is 0 Å². The maximum Gasteiger partial charge on any atom is 0.262 e. The highest BCUT2D eigenvalue weighted by Gasteiger charge is 2.36. The number of benzene rings is 1. The smallest absolute Gasteiger partial charge is 0.262 e. The van der Waals surface area contributed by atoms with Crippen LogP contribution >= 0.6 is 11.3 Å². The number of rotatable bonds is 3. The van der Waals surface area contributed by atoms with Crippen LogP contribution in [0.4, 0.5) is 0 Å². The molecule has 0 aliphatic carbocycles. The van der Waals surface area contributed by atoms with Gasteiger partial charge in [0.05, 0.1) is 17.3 Å². The van der Waals surface area contributed by atoms with Gasteiger partial charge in [-0.2, -0.15) is 0 Å². The van der Waals surface area contributed by atoms with Crippen molar-refractivity contribution >= 4 is 27.5 Å². The van der Waals surface area contributed by atoms with Gasteiger partial charge >= 0.3 is 0 Å². The molecule has 1 aliphatic heterocycles. The summed E-state index contributed by atoms with van der Waals surface area (Å²) in [5.41, 5.74) is 0.895. The number of carbonyl (C=O) groups excluding carboxylic acids is 1. The van der Waals surface area contributed by atoms with Crippen LogP contribution in [-0.2, 0) is 16.9 Å². The molecule has 3 heterocycles. The number of piperidine rings is 1. The van der Waals surface area contributed by atoms with Gasteiger partial charge in [-0.05, 0) is 43.9 Å². The van der Waals surface area contributed by atoms with E-state index in [9.17, 15) is 14.7 Å². The molecule has 6 nitrogen and oxygen atoms in total. The molecule has 1 aliphatic rings. The summed E-state index contributed by atoms with van der Waals surface area (Å²) in [6, 6.07) is 9.65. The highest BCUT2D eigenvalue weighted by atomic mass is 32.1. The van der Waals surface area contributed by atoms with E-state index in [4.69, 9.17) is 0 Å². The molecule has 7 heteroatoms. The summed E-state index contributed by atoms with van der Waals surface area (Å²) in [5, 5.41) is 11.6. The molecule has 28 heavy (non-hydrogen) atoms. The van der Waals surface area contributed by atoms with Crippen molar-refractivity contribution in [1.82, 2.24) is 14.5 Å². The maximum absolute atomic E-state index is 12.7. The number of aliphatic hydroxyl groups is 1. The summed E-state index contributed by atoms with van der Waals surface area (Å²) in [6.07, 6.45) is 2.42. The molecule has 1 aromatic carbocycles. The average Bonchev–Trinajstić information content (AvgIpc) is 3.06. The van der Waals surface area contributed by atoms with Gasteiger partial charge in [-0.3, -0.25) is 14.2 Å². The molecule has 2 aromatic heterocycles. The minimum atomic E-state index is -0.909. The van der Waals surface area contributed by atoms with Gasteiger partial charge in [0, 0.05) is 18.0 Å². The molecule has 0 radical (unpaired) electrons. The van der Waals surface area contributed by atoms with Crippen molar-refractivity contribution in [3.05, 3.63) is 63.0 Å². The number of carbonyl (C=O) groups is 1. The predicted molar refractivity (Wildman–Crippen MR) is 110 cm³/mol.